The van der Waals surface area contributed by atoms with Gasteiger partial charge in [-0.1, -0.05) is 24.3 Å². The summed E-state index contributed by atoms with van der Waals surface area (Å²) in [6.07, 6.45) is 7.06. The molecule has 0 fully saturated rings. The molecule has 2 aromatic carbocycles. The van der Waals surface area contributed by atoms with E-state index in [0.29, 0.717) is 33.9 Å². The maximum absolute atomic E-state index is 12.4. The highest BCUT2D eigenvalue weighted by atomic mass is 16.5. The van der Waals surface area contributed by atoms with E-state index in [2.05, 4.69) is 20.3 Å². The lowest BCUT2D eigenvalue weighted by Crippen LogP contribution is -2.20. The summed E-state index contributed by atoms with van der Waals surface area (Å²) < 4.78 is 16.5. The van der Waals surface area contributed by atoms with E-state index in [1.165, 1.54) is 0 Å². The van der Waals surface area contributed by atoms with Crippen LogP contribution in [0.5, 0.6) is 17.4 Å². The lowest BCUT2D eigenvalue weighted by molar-refractivity contribution is -0.118. The van der Waals surface area contributed by atoms with E-state index >= 15 is 0 Å². The fraction of sp³-hybridized carbons (Fsp3) is 0.120. The summed E-state index contributed by atoms with van der Waals surface area (Å²) in [5, 5.41) is 2.79. The Morgan fingerprint density at radius 3 is 2.24 bits per heavy atom. The quantitative estimate of drug-likeness (QED) is 0.436. The number of amides is 1. The zero-order chi connectivity index (χ0) is 23.0. The molecule has 1 N–H and O–H groups in total. The molecule has 33 heavy (non-hydrogen) atoms. The maximum Gasteiger partial charge on any atom is 0.262 e. The SMILES string of the molecule is COc1cc2nc(/C=C\c3ccncc3)c(OCC(=O)Nc3ccccc3)nc2cc1OC. The van der Waals surface area contributed by atoms with Gasteiger partial charge < -0.3 is 19.5 Å². The number of benzene rings is 2. The van der Waals surface area contributed by atoms with Gasteiger partial charge in [0.15, 0.2) is 18.1 Å². The van der Waals surface area contributed by atoms with Crippen molar-refractivity contribution in [2.45, 2.75) is 0 Å². The molecule has 0 aliphatic carbocycles. The molecule has 0 radical (unpaired) electrons. The molecule has 2 aromatic heterocycles. The van der Waals surface area contributed by atoms with Gasteiger partial charge in [-0.2, -0.15) is 0 Å². The zero-order valence-corrected chi connectivity index (χ0v) is 18.2. The lowest BCUT2D eigenvalue weighted by atomic mass is 10.2. The highest BCUT2D eigenvalue weighted by molar-refractivity contribution is 5.92. The second kappa shape index (κ2) is 10.2. The summed E-state index contributed by atoms with van der Waals surface area (Å²) in [5.74, 6) is 0.981. The number of ether oxygens (including phenoxy) is 3. The Morgan fingerprint density at radius 2 is 1.58 bits per heavy atom. The van der Waals surface area contributed by atoms with Gasteiger partial charge in [0, 0.05) is 30.2 Å². The molecular weight excluding hydrogens is 420 g/mol. The highest BCUT2D eigenvalue weighted by Crippen LogP contribution is 2.32. The Bertz CT molecular complexity index is 1280. The molecule has 0 saturated carbocycles. The topological polar surface area (TPSA) is 95.5 Å². The van der Waals surface area contributed by atoms with Crippen LogP contribution in [0.1, 0.15) is 11.3 Å². The minimum absolute atomic E-state index is 0.224. The smallest absolute Gasteiger partial charge is 0.262 e. The molecule has 0 aliphatic heterocycles. The molecule has 0 bridgehead atoms. The first-order valence-electron chi connectivity index (χ1n) is 10.2. The fourth-order valence-electron chi connectivity index (χ4n) is 3.10. The van der Waals surface area contributed by atoms with Crippen LogP contribution in [0.15, 0.2) is 67.0 Å². The van der Waals surface area contributed by atoms with Crippen LogP contribution in [0, 0.1) is 0 Å². The summed E-state index contributed by atoms with van der Waals surface area (Å²) in [5.41, 5.74) is 3.24. The van der Waals surface area contributed by atoms with E-state index < -0.39 is 0 Å². The van der Waals surface area contributed by atoms with E-state index in [1.54, 1.807) is 57.0 Å². The van der Waals surface area contributed by atoms with E-state index in [9.17, 15) is 4.79 Å². The first-order valence-corrected chi connectivity index (χ1v) is 10.2. The number of methoxy groups -OCH3 is 2. The van der Waals surface area contributed by atoms with Gasteiger partial charge in [0.25, 0.3) is 5.91 Å². The molecule has 0 spiro atoms. The Kier molecular flexibility index (Phi) is 6.75. The second-order valence-electron chi connectivity index (χ2n) is 6.93. The number of nitrogens with zero attached hydrogens (tertiary/aromatic N) is 3. The van der Waals surface area contributed by atoms with Crippen molar-refractivity contribution in [2.24, 2.45) is 0 Å². The van der Waals surface area contributed by atoms with Crippen LogP contribution in [-0.4, -0.2) is 41.7 Å². The number of hydrogen-bond acceptors (Lipinski definition) is 7. The van der Waals surface area contributed by atoms with Gasteiger partial charge in [-0.3, -0.25) is 9.78 Å². The molecule has 166 valence electrons. The molecule has 0 saturated heterocycles. The van der Waals surface area contributed by atoms with Gasteiger partial charge in [0.1, 0.15) is 5.69 Å². The molecule has 4 rings (SSSR count). The van der Waals surface area contributed by atoms with Gasteiger partial charge in [-0.05, 0) is 35.9 Å². The summed E-state index contributed by atoms with van der Waals surface area (Å²) in [4.78, 5) is 25.7. The molecule has 0 atom stereocenters. The molecule has 8 heteroatoms. The number of aromatic nitrogens is 3. The lowest BCUT2D eigenvalue weighted by Gasteiger charge is -2.12. The predicted molar refractivity (Wildman–Crippen MR) is 126 cm³/mol. The van der Waals surface area contributed by atoms with Gasteiger partial charge in [-0.25, -0.2) is 9.97 Å². The standard InChI is InChI=1S/C25H22N4O4/c1-31-22-14-20-21(15-23(22)32-2)29-25(19(28-20)9-8-17-10-12-26-13-11-17)33-16-24(30)27-18-6-4-3-5-7-18/h3-15H,16H2,1-2H3,(H,27,30)/b9-8-. The monoisotopic (exact) mass is 442 g/mol. The summed E-state index contributed by atoms with van der Waals surface area (Å²) in [6, 6.07) is 16.4. The van der Waals surface area contributed by atoms with Gasteiger partial charge in [0.2, 0.25) is 5.88 Å². The Morgan fingerprint density at radius 1 is 0.909 bits per heavy atom. The van der Waals surface area contributed by atoms with Crippen LogP contribution in [0.25, 0.3) is 23.2 Å². The van der Waals surface area contributed by atoms with Gasteiger partial charge >= 0.3 is 0 Å². The van der Waals surface area contributed by atoms with Crippen LogP contribution in [0.2, 0.25) is 0 Å². The van der Waals surface area contributed by atoms with Crippen molar-refractivity contribution >= 4 is 34.8 Å². The first-order chi connectivity index (χ1) is 16.2. The van der Waals surface area contributed by atoms with Crippen LogP contribution >= 0.6 is 0 Å². The molecule has 0 aliphatic rings. The summed E-state index contributed by atoms with van der Waals surface area (Å²) >= 11 is 0. The molecule has 0 unspecified atom stereocenters. The Hall–Kier alpha value is -4.46. The maximum atomic E-state index is 12.4. The molecule has 1 amide bonds. The molecule has 8 nitrogen and oxygen atoms in total. The van der Waals surface area contributed by atoms with Crippen molar-refractivity contribution in [1.29, 1.82) is 0 Å². The summed E-state index contributed by atoms with van der Waals surface area (Å²) in [7, 11) is 3.11. The van der Waals surface area contributed by atoms with Gasteiger partial charge in [-0.15, -0.1) is 0 Å². The van der Waals surface area contributed by atoms with Crippen molar-refractivity contribution in [3.8, 4) is 17.4 Å². The van der Waals surface area contributed by atoms with E-state index in [-0.39, 0.29) is 18.4 Å². The average Bonchev–Trinajstić information content (AvgIpc) is 2.86. The average molecular weight is 442 g/mol. The number of fused-ring (bicyclic) bond motifs is 1. The van der Waals surface area contributed by atoms with E-state index in [0.717, 1.165) is 5.56 Å². The molecule has 2 heterocycles. The third-order valence-electron chi connectivity index (χ3n) is 4.70. The van der Waals surface area contributed by atoms with Crippen molar-refractivity contribution in [1.82, 2.24) is 15.0 Å². The molecule has 4 aromatic rings. The number of hydrogen-bond donors (Lipinski definition) is 1. The van der Waals surface area contributed by atoms with Crippen LogP contribution < -0.4 is 19.5 Å². The number of anilines is 1. The van der Waals surface area contributed by atoms with E-state index in [4.69, 9.17) is 14.2 Å². The number of para-hydroxylation sites is 1. The van der Waals surface area contributed by atoms with E-state index in [1.807, 2.05) is 36.4 Å². The number of nitrogens with one attached hydrogen (secondary N) is 1. The largest absolute Gasteiger partial charge is 0.493 e. The minimum atomic E-state index is -0.306. The minimum Gasteiger partial charge on any atom is -0.493 e. The first kappa shape index (κ1) is 21.8. The molecular formula is C25H22N4O4. The predicted octanol–water partition coefficient (Wildman–Crippen LogP) is 4.23. The van der Waals surface area contributed by atoms with Crippen LogP contribution in [0.3, 0.4) is 0 Å². The van der Waals surface area contributed by atoms with Crippen molar-refractivity contribution in [2.75, 3.05) is 26.1 Å². The number of carbonyl (C=O) groups excluding carboxylic acids is 1. The Balaban J connectivity index is 1.65. The number of pyridine rings is 1. The van der Waals surface area contributed by atoms with Crippen LogP contribution in [-0.2, 0) is 4.79 Å². The highest BCUT2D eigenvalue weighted by Gasteiger charge is 2.14. The zero-order valence-electron chi connectivity index (χ0n) is 18.2. The van der Waals surface area contributed by atoms with Crippen LogP contribution in [0.4, 0.5) is 5.69 Å². The Labute approximate surface area is 190 Å². The van der Waals surface area contributed by atoms with Crippen molar-refractivity contribution < 1.29 is 19.0 Å². The van der Waals surface area contributed by atoms with Gasteiger partial charge in [0.05, 0.1) is 25.3 Å². The number of rotatable bonds is 8. The van der Waals surface area contributed by atoms with Crippen molar-refractivity contribution in [3.05, 3.63) is 78.2 Å². The second-order valence-corrected chi connectivity index (χ2v) is 6.93. The summed E-state index contributed by atoms with van der Waals surface area (Å²) in [6.45, 7) is -0.224. The normalized spacial score (nSPS) is 10.8. The third-order valence-corrected chi connectivity index (χ3v) is 4.70. The van der Waals surface area contributed by atoms with Crippen molar-refractivity contribution in [3.63, 3.8) is 0 Å². The number of carbonyl (C=O) groups is 1. The fourth-order valence-corrected chi connectivity index (χ4v) is 3.10. The third kappa shape index (κ3) is 5.43.